The van der Waals surface area contributed by atoms with Crippen molar-refractivity contribution in [3.8, 4) is 5.75 Å². The number of nitrogens with one attached hydrogen (secondary N) is 1. The van der Waals surface area contributed by atoms with Crippen LogP contribution in [0.1, 0.15) is 36.0 Å². The molecule has 1 aliphatic carbocycles. The van der Waals surface area contributed by atoms with Crippen molar-refractivity contribution in [1.82, 2.24) is 5.32 Å². The molecule has 20 heavy (non-hydrogen) atoms. The number of carbonyl (C=O) groups is 1. The topological polar surface area (TPSA) is 64.3 Å². The average Bonchev–Trinajstić information content (AvgIpc) is 2.47. The molecule has 4 nitrogen and oxygen atoms in total. The summed E-state index contributed by atoms with van der Waals surface area (Å²) in [7, 11) is 1.55. The van der Waals surface area contributed by atoms with Crippen LogP contribution in [0.3, 0.4) is 0 Å². The Balaban J connectivity index is 2.02. The van der Waals surface area contributed by atoms with Crippen molar-refractivity contribution >= 4 is 23.4 Å². The molecule has 1 saturated carbocycles. The third-order valence-electron chi connectivity index (χ3n) is 3.85. The highest BCUT2D eigenvalue weighted by Crippen LogP contribution is 2.28. The van der Waals surface area contributed by atoms with Gasteiger partial charge in [-0.25, -0.2) is 0 Å². The molecule has 0 aliphatic heterocycles. The van der Waals surface area contributed by atoms with Gasteiger partial charge < -0.3 is 15.8 Å². The molecule has 0 atom stereocenters. The second-order valence-corrected chi connectivity index (χ2v) is 6.25. The largest absolute Gasteiger partial charge is 0.496 e. The van der Waals surface area contributed by atoms with Crippen LogP contribution in [-0.4, -0.2) is 30.6 Å². The normalized spacial score (nSPS) is 22.3. The molecular formula is C15H22N2O2S. The molecule has 5 heteroatoms. The fourth-order valence-electron chi connectivity index (χ4n) is 2.66. The second-order valence-electron chi connectivity index (χ2n) is 5.11. The molecule has 1 fully saturated rings. The van der Waals surface area contributed by atoms with Crippen LogP contribution in [0.4, 0.5) is 5.69 Å². The smallest absolute Gasteiger partial charge is 0.257 e. The highest BCUT2D eigenvalue weighted by molar-refractivity contribution is 7.99. The minimum Gasteiger partial charge on any atom is -0.496 e. The summed E-state index contributed by atoms with van der Waals surface area (Å²) >= 11 is 1.92. The molecule has 1 amide bonds. The van der Waals surface area contributed by atoms with Gasteiger partial charge in [-0.15, -0.1) is 0 Å². The fraction of sp³-hybridized carbons (Fsp3) is 0.533. The highest BCUT2D eigenvalue weighted by Gasteiger charge is 2.24. The summed E-state index contributed by atoms with van der Waals surface area (Å²) in [6.07, 6.45) is 6.54. The minimum atomic E-state index is -0.132. The molecule has 3 N–H and O–H groups in total. The maximum absolute atomic E-state index is 12.4. The summed E-state index contributed by atoms with van der Waals surface area (Å²) in [4.78, 5) is 12.4. The Morgan fingerprint density at radius 2 is 2.05 bits per heavy atom. The lowest BCUT2D eigenvalue weighted by Gasteiger charge is -2.28. The van der Waals surface area contributed by atoms with Crippen molar-refractivity contribution < 1.29 is 9.53 Å². The third kappa shape index (κ3) is 3.39. The first kappa shape index (κ1) is 15.0. The zero-order valence-corrected chi connectivity index (χ0v) is 12.8. The van der Waals surface area contributed by atoms with E-state index in [-0.39, 0.29) is 11.9 Å². The number of methoxy groups -OCH3 is 1. The molecule has 0 unspecified atom stereocenters. The number of benzene rings is 1. The summed E-state index contributed by atoms with van der Waals surface area (Å²) in [6.45, 7) is 0. The molecule has 1 aromatic rings. The van der Waals surface area contributed by atoms with Crippen LogP contribution in [0, 0.1) is 0 Å². The Kier molecular flexibility index (Phi) is 5.17. The van der Waals surface area contributed by atoms with Gasteiger partial charge in [0.1, 0.15) is 11.3 Å². The van der Waals surface area contributed by atoms with Gasteiger partial charge in [0.25, 0.3) is 5.91 Å². The van der Waals surface area contributed by atoms with Crippen LogP contribution in [0.5, 0.6) is 5.75 Å². The number of nitrogen functional groups attached to an aromatic ring is 1. The van der Waals surface area contributed by atoms with Gasteiger partial charge in [-0.2, -0.15) is 11.8 Å². The van der Waals surface area contributed by atoms with E-state index < -0.39 is 0 Å². The number of carbonyl (C=O) groups excluding carboxylic acids is 1. The Morgan fingerprint density at radius 3 is 2.65 bits per heavy atom. The first-order chi connectivity index (χ1) is 9.65. The van der Waals surface area contributed by atoms with Crippen molar-refractivity contribution in [3.63, 3.8) is 0 Å². The monoisotopic (exact) mass is 294 g/mol. The maximum atomic E-state index is 12.4. The first-order valence-corrected chi connectivity index (χ1v) is 8.20. The van der Waals surface area contributed by atoms with Crippen LogP contribution in [0.15, 0.2) is 18.2 Å². The summed E-state index contributed by atoms with van der Waals surface area (Å²) in [5.74, 6) is 0.396. The molecule has 1 aliphatic rings. The van der Waals surface area contributed by atoms with Gasteiger partial charge in [0.15, 0.2) is 0 Å². The molecule has 0 saturated heterocycles. The van der Waals surface area contributed by atoms with Gasteiger partial charge in [0.05, 0.1) is 7.11 Å². The van der Waals surface area contributed by atoms with E-state index in [0.717, 1.165) is 30.9 Å². The number of anilines is 1. The molecular weight excluding hydrogens is 272 g/mol. The lowest BCUT2D eigenvalue weighted by atomic mass is 9.94. The number of nitrogens with two attached hydrogens (primary N) is 1. The Hall–Kier alpha value is -1.36. The van der Waals surface area contributed by atoms with Crippen LogP contribution in [0.2, 0.25) is 0 Å². The van der Waals surface area contributed by atoms with Crippen LogP contribution < -0.4 is 15.8 Å². The molecule has 0 heterocycles. The number of hydrogen-bond donors (Lipinski definition) is 2. The van der Waals surface area contributed by atoms with Gasteiger partial charge >= 0.3 is 0 Å². The lowest BCUT2D eigenvalue weighted by molar-refractivity contribution is 0.0926. The molecule has 0 bridgehead atoms. The van der Waals surface area contributed by atoms with Crippen molar-refractivity contribution in [2.24, 2.45) is 0 Å². The second kappa shape index (κ2) is 6.88. The summed E-state index contributed by atoms with van der Waals surface area (Å²) < 4.78 is 5.23. The highest BCUT2D eigenvalue weighted by atomic mass is 32.2. The zero-order chi connectivity index (χ0) is 14.5. The number of hydrogen-bond acceptors (Lipinski definition) is 4. The van der Waals surface area contributed by atoms with Crippen molar-refractivity contribution in [3.05, 3.63) is 23.8 Å². The van der Waals surface area contributed by atoms with E-state index in [1.165, 1.54) is 0 Å². The van der Waals surface area contributed by atoms with Gasteiger partial charge in [-0.3, -0.25) is 4.79 Å². The third-order valence-corrected chi connectivity index (χ3v) is 4.99. The van der Waals surface area contributed by atoms with Gasteiger partial charge in [-0.1, -0.05) is 6.07 Å². The summed E-state index contributed by atoms with van der Waals surface area (Å²) in [6, 6.07) is 5.52. The Labute approximate surface area is 124 Å². The van der Waals surface area contributed by atoms with Crippen molar-refractivity contribution in [2.75, 3.05) is 19.1 Å². The minimum absolute atomic E-state index is 0.132. The van der Waals surface area contributed by atoms with E-state index in [0.29, 0.717) is 17.0 Å². The molecule has 2 rings (SSSR count). The van der Waals surface area contributed by atoms with E-state index in [1.54, 1.807) is 25.3 Å². The van der Waals surface area contributed by atoms with E-state index in [2.05, 4.69) is 11.6 Å². The molecule has 1 aromatic carbocycles. The maximum Gasteiger partial charge on any atom is 0.257 e. The van der Waals surface area contributed by atoms with E-state index in [9.17, 15) is 4.79 Å². The molecule has 0 aromatic heterocycles. The number of rotatable bonds is 4. The number of thioether (sulfide) groups is 1. The van der Waals surface area contributed by atoms with Crippen LogP contribution in [-0.2, 0) is 0 Å². The van der Waals surface area contributed by atoms with E-state index in [4.69, 9.17) is 10.5 Å². The molecule has 0 spiro atoms. The SMILES string of the molecule is COc1cccc(N)c1C(=O)NC1CCC(SC)CC1. The average molecular weight is 294 g/mol. The van der Waals surface area contributed by atoms with E-state index >= 15 is 0 Å². The lowest BCUT2D eigenvalue weighted by Crippen LogP contribution is -2.38. The van der Waals surface area contributed by atoms with Gasteiger partial charge in [0.2, 0.25) is 0 Å². The van der Waals surface area contributed by atoms with Crippen molar-refractivity contribution in [2.45, 2.75) is 37.0 Å². The van der Waals surface area contributed by atoms with E-state index in [1.807, 2.05) is 11.8 Å². The van der Waals surface area contributed by atoms with Gasteiger partial charge in [0, 0.05) is 17.0 Å². The molecule has 110 valence electrons. The number of ether oxygens (including phenoxy) is 1. The van der Waals surface area contributed by atoms with Crippen LogP contribution >= 0.6 is 11.8 Å². The van der Waals surface area contributed by atoms with Crippen molar-refractivity contribution in [1.29, 1.82) is 0 Å². The first-order valence-electron chi connectivity index (χ1n) is 6.91. The zero-order valence-electron chi connectivity index (χ0n) is 12.0. The predicted molar refractivity (Wildman–Crippen MR) is 84.4 cm³/mol. The quantitative estimate of drug-likeness (QED) is 0.838. The summed E-state index contributed by atoms with van der Waals surface area (Å²) in [5, 5.41) is 3.82. The standard InChI is InChI=1S/C15H22N2O2S/c1-19-13-5-3-4-12(16)14(13)15(18)17-10-6-8-11(20-2)9-7-10/h3-5,10-11H,6-9,16H2,1-2H3,(H,17,18). The summed E-state index contributed by atoms with van der Waals surface area (Å²) in [5.41, 5.74) is 6.81. The predicted octanol–water partition coefficient (Wildman–Crippen LogP) is 2.68. The van der Waals surface area contributed by atoms with Crippen LogP contribution in [0.25, 0.3) is 0 Å². The Bertz CT molecular complexity index is 471. The molecule has 0 radical (unpaired) electrons. The fourth-order valence-corrected chi connectivity index (χ4v) is 3.41. The Morgan fingerprint density at radius 1 is 1.35 bits per heavy atom. The van der Waals surface area contributed by atoms with Gasteiger partial charge in [-0.05, 0) is 44.1 Å². The number of amides is 1.